The van der Waals surface area contributed by atoms with Gasteiger partial charge in [0.05, 0.1) is 5.60 Å². The third kappa shape index (κ3) is 3.51. The molecule has 0 radical (unpaired) electrons. The van der Waals surface area contributed by atoms with Crippen molar-refractivity contribution in [2.75, 3.05) is 0 Å². The maximum atomic E-state index is 12.4. The summed E-state index contributed by atoms with van der Waals surface area (Å²) in [6.07, 6.45) is 7.03. The standard InChI is InChI=1S/C24H30O2/c1-17(14-15-18-9-5-6-10-20(18)23(2,3)26)19-11-7-12-21-22(25)13-8-16-24(19,21)4/h5-6,9-10,12,17,19,26H,7-8,11,13,16H2,1-4H3/t17-,19+,24+/m0/s1. The largest absolute Gasteiger partial charge is 0.386 e. The molecule has 0 aliphatic heterocycles. The number of allylic oxidation sites excluding steroid dienone is 2. The summed E-state index contributed by atoms with van der Waals surface area (Å²) in [6, 6.07) is 7.82. The first-order valence-electron chi connectivity index (χ1n) is 9.81. The Kier molecular flexibility index (Phi) is 5.13. The van der Waals surface area contributed by atoms with E-state index in [0.29, 0.717) is 18.1 Å². The summed E-state index contributed by atoms with van der Waals surface area (Å²) in [4.78, 5) is 12.4. The summed E-state index contributed by atoms with van der Waals surface area (Å²) in [5.74, 6) is 7.75. The Balaban J connectivity index is 1.89. The summed E-state index contributed by atoms with van der Waals surface area (Å²) < 4.78 is 0. The van der Waals surface area contributed by atoms with Crippen molar-refractivity contribution in [3.8, 4) is 11.8 Å². The molecule has 0 saturated heterocycles. The van der Waals surface area contributed by atoms with E-state index in [9.17, 15) is 9.90 Å². The normalized spacial score (nSPS) is 27.0. The van der Waals surface area contributed by atoms with E-state index in [2.05, 4.69) is 31.8 Å². The molecular formula is C24H30O2. The first kappa shape index (κ1) is 18.9. The fraction of sp³-hybridized carbons (Fsp3) is 0.542. The van der Waals surface area contributed by atoms with Crippen LogP contribution >= 0.6 is 0 Å². The van der Waals surface area contributed by atoms with Gasteiger partial charge in [-0.1, -0.05) is 50.0 Å². The highest BCUT2D eigenvalue weighted by Crippen LogP contribution is 2.51. The van der Waals surface area contributed by atoms with Crippen molar-refractivity contribution in [3.05, 3.63) is 47.0 Å². The number of rotatable bonds is 2. The lowest BCUT2D eigenvalue weighted by Crippen LogP contribution is -2.41. The molecule has 1 aromatic carbocycles. The molecule has 1 N–H and O–H groups in total. The minimum absolute atomic E-state index is 0.0303. The van der Waals surface area contributed by atoms with E-state index in [1.165, 1.54) is 0 Å². The van der Waals surface area contributed by atoms with Gasteiger partial charge in [-0.05, 0) is 68.1 Å². The second kappa shape index (κ2) is 7.05. The van der Waals surface area contributed by atoms with Crippen LogP contribution in [0.5, 0.6) is 0 Å². The van der Waals surface area contributed by atoms with Crippen LogP contribution in [0.25, 0.3) is 0 Å². The summed E-state index contributed by atoms with van der Waals surface area (Å²) >= 11 is 0. The molecule has 0 unspecified atom stereocenters. The van der Waals surface area contributed by atoms with Crippen molar-refractivity contribution < 1.29 is 9.90 Å². The van der Waals surface area contributed by atoms with E-state index in [0.717, 1.165) is 42.4 Å². The van der Waals surface area contributed by atoms with Gasteiger partial charge in [0.15, 0.2) is 5.78 Å². The maximum Gasteiger partial charge on any atom is 0.159 e. The first-order chi connectivity index (χ1) is 12.2. The number of aliphatic hydroxyl groups is 1. The van der Waals surface area contributed by atoms with Crippen molar-refractivity contribution in [3.63, 3.8) is 0 Å². The molecule has 0 amide bonds. The highest BCUT2D eigenvalue weighted by molar-refractivity contribution is 5.97. The molecular weight excluding hydrogens is 320 g/mol. The van der Waals surface area contributed by atoms with Crippen molar-refractivity contribution in [2.24, 2.45) is 17.3 Å². The number of hydrogen-bond donors (Lipinski definition) is 1. The van der Waals surface area contributed by atoms with Crippen LogP contribution in [0.1, 0.15) is 70.9 Å². The number of benzene rings is 1. The molecule has 2 nitrogen and oxygen atoms in total. The van der Waals surface area contributed by atoms with Gasteiger partial charge >= 0.3 is 0 Å². The number of fused-ring (bicyclic) bond motifs is 1. The second-order valence-corrected chi connectivity index (χ2v) is 8.66. The van der Waals surface area contributed by atoms with Crippen LogP contribution < -0.4 is 0 Å². The van der Waals surface area contributed by atoms with E-state index in [1.54, 1.807) is 13.8 Å². The second-order valence-electron chi connectivity index (χ2n) is 8.66. The third-order valence-corrected chi connectivity index (χ3v) is 6.28. The average Bonchev–Trinajstić information content (AvgIpc) is 2.58. The number of carbonyl (C=O) groups excluding carboxylic acids is 1. The summed E-state index contributed by atoms with van der Waals surface area (Å²) in [7, 11) is 0. The van der Waals surface area contributed by atoms with Gasteiger partial charge in [0.25, 0.3) is 0 Å². The van der Waals surface area contributed by atoms with Crippen LogP contribution in [-0.4, -0.2) is 10.9 Å². The molecule has 1 aromatic rings. The smallest absolute Gasteiger partial charge is 0.159 e. The minimum atomic E-state index is -0.906. The number of hydrogen-bond acceptors (Lipinski definition) is 2. The topological polar surface area (TPSA) is 37.3 Å². The maximum absolute atomic E-state index is 12.4. The van der Waals surface area contributed by atoms with Crippen molar-refractivity contribution in [2.45, 2.75) is 65.4 Å². The fourth-order valence-electron chi connectivity index (χ4n) is 4.88. The molecule has 3 rings (SSSR count). The Labute approximate surface area is 157 Å². The van der Waals surface area contributed by atoms with Gasteiger partial charge in [-0.3, -0.25) is 4.79 Å². The molecule has 2 heteroatoms. The molecule has 0 bridgehead atoms. The Morgan fingerprint density at radius 3 is 2.77 bits per heavy atom. The van der Waals surface area contributed by atoms with Crippen LogP contribution in [0.3, 0.4) is 0 Å². The van der Waals surface area contributed by atoms with Gasteiger partial charge in [-0.15, -0.1) is 0 Å². The van der Waals surface area contributed by atoms with Gasteiger partial charge in [0.1, 0.15) is 0 Å². The van der Waals surface area contributed by atoms with Gasteiger partial charge in [-0.2, -0.15) is 0 Å². The van der Waals surface area contributed by atoms with Gasteiger partial charge in [0.2, 0.25) is 0 Å². The van der Waals surface area contributed by atoms with Crippen molar-refractivity contribution in [1.82, 2.24) is 0 Å². The lowest BCUT2D eigenvalue weighted by Gasteiger charge is -2.46. The van der Waals surface area contributed by atoms with Crippen molar-refractivity contribution in [1.29, 1.82) is 0 Å². The Hall–Kier alpha value is -1.85. The highest BCUT2D eigenvalue weighted by atomic mass is 16.3. The minimum Gasteiger partial charge on any atom is -0.386 e. The molecule has 2 aliphatic rings. The Morgan fingerprint density at radius 1 is 1.31 bits per heavy atom. The Bertz CT molecular complexity index is 784. The molecule has 138 valence electrons. The number of Topliss-reactive ketones (excluding diaryl/α,β-unsaturated/α-hetero) is 1. The molecule has 0 spiro atoms. The van der Waals surface area contributed by atoms with E-state index >= 15 is 0 Å². The van der Waals surface area contributed by atoms with E-state index in [4.69, 9.17) is 0 Å². The average molecular weight is 351 g/mol. The van der Waals surface area contributed by atoms with Gasteiger partial charge < -0.3 is 5.11 Å². The zero-order valence-corrected chi connectivity index (χ0v) is 16.4. The monoisotopic (exact) mass is 350 g/mol. The molecule has 26 heavy (non-hydrogen) atoms. The summed E-state index contributed by atoms with van der Waals surface area (Å²) in [5.41, 5.74) is 1.88. The molecule has 0 heterocycles. The first-order valence-corrected chi connectivity index (χ1v) is 9.81. The molecule has 2 aliphatic carbocycles. The molecule has 1 saturated carbocycles. The predicted octanol–water partition coefficient (Wildman–Crippen LogP) is 5.00. The van der Waals surface area contributed by atoms with Crippen molar-refractivity contribution >= 4 is 5.78 Å². The van der Waals surface area contributed by atoms with E-state index < -0.39 is 5.60 Å². The molecule has 1 fully saturated rings. The fourth-order valence-corrected chi connectivity index (χ4v) is 4.88. The van der Waals surface area contributed by atoms with Crippen LogP contribution in [0.15, 0.2) is 35.9 Å². The van der Waals surface area contributed by atoms with Crippen LogP contribution in [0.2, 0.25) is 0 Å². The van der Waals surface area contributed by atoms with Crippen LogP contribution in [0.4, 0.5) is 0 Å². The van der Waals surface area contributed by atoms with Crippen LogP contribution in [0, 0.1) is 29.1 Å². The number of carbonyl (C=O) groups is 1. The lowest BCUT2D eigenvalue weighted by atomic mass is 9.57. The van der Waals surface area contributed by atoms with Gasteiger partial charge in [-0.25, -0.2) is 0 Å². The zero-order chi connectivity index (χ0) is 18.9. The number of ketones is 1. The van der Waals surface area contributed by atoms with Gasteiger partial charge in [0, 0.05) is 17.9 Å². The summed E-state index contributed by atoms with van der Waals surface area (Å²) in [6.45, 7) is 8.05. The predicted molar refractivity (Wildman–Crippen MR) is 106 cm³/mol. The molecule has 3 atom stereocenters. The Morgan fingerprint density at radius 2 is 2.04 bits per heavy atom. The highest BCUT2D eigenvalue weighted by Gasteiger charge is 2.45. The zero-order valence-electron chi connectivity index (χ0n) is 16.4. The lowest BCUT2D eigenvalue weighted by molar-refractivity contribution is -0.119. The summed E-state index contributed by atoms with van der Waals surface area (Å²) in [5, 5.41) is 10.4. The molecule has 0 aromatic heterocycles. The van der Waals surface area contributed by atoms with Crippen LogP contribution in [-0.2, 0) is 10.4 Å². The van der Waals surface area contributed by atoms with E-state index in [-0.39, 0.29) is 11.3 Å². The quantitative estimate of drug-likeness (QED) is 0.762. The van der Waals surface area contributed by atoms with E-state index in [1.807, 2.05) is 24.3 Å². The SMILES string of the molecule is C[C@@H](C#Cc1ccccc1C(C)(C)O)[C@H]1CCC=C2C(=O)CCC[C@@]21C. The third-order valence-electron chi connectivity index (χ3n) is 6.28.